The van der Waals surface area contributed by atoms with Gasteiger partial charge in [0.25, 0.3) is 0 Å². The van der Waals surface area contributed by atoms with Crippen molar-refractivity contribution in [3.05, 3.63) is 23.8 Å². The molecule has 2 aliphatic rings. The van der Waals surface area contributed by atoms with Crippen LogP contribution in [0.2, 0.25) is 0 Å². The Kier molecular flexibility index (Phi) is 5.49. The molecular formula is C19H28N2O4. The van der Waals surface area contributed by atoms with Gasteiger partial charge < -0.3 is 19.5 Å². The normalized spacial score (nSPS) is 24.1. The summed E-state index contributed by atoms with van der Waals surface area (Å²) in [4.78, 5) is 17.3. The molecular weight excluding hydrogens is 320 g/mol. The van der Waals surface area contributed by atoms with Crippen molar-refractivity contribution in [2.24, 2.45) is 0 Å². The molecule has 25 heavy (non-hydrogen) atoms. The molecule has 2 saturated heterocycles. The molecule has 3 rings (SSSR count). The van der Waals surface area contributed by atoms with Gasteiger partial charge in [-0.3, -0.25) is 9.69 Å². The summed E-state index contributed by atoms with van der Waals surface area (Å²) < 4.78 is 10.7. The summed E-state index contributed by atoms with van der Waals surface area (Å²) in [6, 6.07) is 5.87. The van der Waals surface area contributed by atoms with Crippen LogP contribution in [-0.2, 0) is 11.3 Å². The molecule has 0 bridgehead atoms. The summed E-state index contributed by atoms with van der Waals surface area (Å²) in [7, 11) is 3.29. The van der Waals surface area contributed by atoms with Crippen LogP contribution in [0, 0.1) is 0 Å². The van der Waals surface area contributed by atoms with E-state index in [1.807, 2.05) is 23.1 Å². The van der Waals surface area contributed by atoms with Gasteiger partial charge >= 0.3 is 0 Å². The predicted octanol–water partition coefficient (Wildman–Crippen LogP) is 1.65. The van der Waals surface area contributed by atoms with E-state index in [4.69, 9.17) is 9.47 Å². The van der Waals surface area contributed by atoms with Gasteiger partial charge in [-0.1, -0.05) is 0 Å². The zero-order valence-corrected chi connectivity index (χ0v) is 15.2. The number of amides is 1. The number of nitrogens with zero attached hydrogens (tertiary/aromatic N) is 2. The van der Waals surface area contributed by atoms with Gasteiger partial charge in [-0.2, -0.15) is 0 Å². The van der Waals surface area contributed by atoms with Crippen molar-refractivity contribution in [2.45, 2.75) is 37.8 Å². The van der Waals surface area contributed by atoms with Crippen LogP contribution in [0.1, 0.15) is 31.2 Å². The van der Waals surface area contributed by atoms with E-state index >= 15 is 0 Å². The number of piperidine rings is 1. The van der Waals surface area contributed by atoms with Crippen LogP contribution in [0.3, 0.4) is 0 Å². The molecule has 6 heteroatoms. The van der Waals surface area contributed by atoms with Crippen molar-refractivity contribution in [1.29, 1.82) is 0 Å². The SMILES string of the molecule is COc1cc(CN2CCCC23CCCN(CCO)C3=O)cc(OC)c1. The van der Waals surface area contributed by atoms with E-state index in [-0.39, 0.29) is 12.5 Å². The van der Waals surface area contributed by atoms with E-state index in [0.29, 0.717) is 13.1 Å². The quantitative estimate of drug-likeness (QED) is 0.847. The Morgan fingerprint density at radius 2 is 1.72 bits per heavy atom. The highest BCUT2D eigenvalue weighted by molar-refractivity contribution is 5.87. The topological polar surface area (TPSA) is 62.2 Å². The van der Waals surface area contributed by atoms with Gasteiger partial charge in [0.2, 0.25) is 5.91 Å². The predicted molar refractivity (Wildman–Crippen MR) is 94.8 cm³/mol. The maximum Gasteiger partial charge on any atom is 0.243 e. The molecule has 1 atom stereocenters. The number of methoxy groups -OCH3 is 2. The summed E-state index contributed by atoms with van der Waals surface area (Å²) in [6.45, 7) is 2.82. The zero-order chi connectivity index (χ0) is 17.9. The van der Waals surface area contributed by atoms with Crippen molar-refractivity contribution >= 4 is 5.91 Å². The van der Waals surface area contributed by atoms with Gasteiger partial charge in [-0.15, -0.1) is 0 Å². The van der Waals surface area contributed by atoms with Crippen molar-refractivity contribution in [3.63, 3.8) is 0 Å². The molecule has 1 N–H and O–H groups in total. The Balaban J connectivity index is 1.83. The number of aliphatic hydroxyl groups is 1. The molecule has 2 fully saturated rings. The lowest BCUT2D eigenvalue weighted by atomic mass is 9.85. The van der Waals surface area contributed by atoms with Gasteiger partial charge in [-0.25, -0.2) is 0 Å². The van der Waals surface area contributed by atoms with Crippen LogP contribution in [0.25, 0.3) is 0 Å². The number of carbonyl (C=O) groups is 1. The third-order valence-electron chi connectivity index (χ3n) is 5.48. The van der Waals surface area contributed by atoms with E-state index in [0.717, 1.165) is 55.8 Å². The second-order valence-corrected chi connectivity index (χ2v) is 6.90. The summed E-state index contributed by atoms with van der Waals surface area (Å²) in [5, 5.41) is 9.25. The molecule has 0 aliphatic carbocycles. The lowest BCUT2D eigenvalue weighted by Gasteiger charge is -2.44. The monoisotopic (exact) mass is 348 g/mol. The Hall–Kier alpha value is -1.79. The number of aliphatic hydroxyl groups excluding tert-OH is 1. The Bertz CT molecular complexity index is 597. The first kappa shape index (κ1) is 18.0. The molecule has 1 unspecified atom stereocenters. The van der Waals surface area contributed by atoms with E-state index in [2.05, 4.69) is 4.90 Å². The zero-order valence-electron chi connectivity index (χ0n) is 15.2. The first-order valence-electron chi connectivity index (χ1n) is 9.00. The van der Waals surface area contributed by atoms with Crippen LogP contribution in [0.5, 0.6) is 11.5 Å². The maximum atomic E-state index is 13.1. The number of ether oxygens (including phenoxy) is 2. The Morgan fingerprint density at radius 1 is 1.08 bits per heavy atom. The lowest BCUT2D eigenvalue weighted by molar-refractivity contribution is -0.148. The Labute approximate surface area is 149 Å². The first-order valence-corrected chi connectivity index (χ1v) is 9.00. The molecule has 1 amide bonds. The molecule has 1 aromatic carbocycles. The van der Waals surface area contributed by atoms with Crippen molar-refractivity contribution in [3.8, 4) is 11.5 Å². The van der Waals surface area contributed by atoms with Crippen molar-refractivity contribution < 1.29 is 19.4 Å². The number of hydrogen-bond acceptors (Lipinski definition) is 5. The molecule has 0 aromatic heterocycles. The van der Waals surface area contributed by atoms with Crippen LogP contribution in [0.4, 0.5) is 0 Å². The highest BCUT2D eigenvalue weighted by atomic mass is 16.5. The third-order valence-corrected chi connectivity index (χ3v) is 5.48. The lowest BCUT2D eigenvalue weighted by Crippen LogP contribution is -2.60. The number of β-amino-alcohol motifs (C(OH)–C–C–N with tert-alkyl or cyclic N) is 1. The standard InChI is InChI=1S/C19H28N2O4/c1-24-16-11-15(12-17(13-16)25-2)14-21-8-4-6-19(21)5-3-7-20(9-10-22)18(19)23/h11-13,22H,3-10,14H2,1-2H3. The summed E-state index contributed by atoms with van der Waals surface area (Å²) >= 11 is 0. The minimum absolute atomic E-state index is 0.0227. The number of benzene rings is 1. The smallest absolute Gasteiger partial charge is 0.243 e. The molecule has 2 heterocycles. The highest BCUT2D eigenvalue weighted by Crippen LogP contribution is 2.39. The number of carbonyl (C=O) groups excluding carboxylic acids is 1. The number of hydrogen-bond donors (Lipinski definition) is 1. The minimum Gasteiger partial charge on any atom is -0.497 e. The molecule has 0 saturated carbocycles. The van der Waals surface area contributed by atoms with E-state index in [1.54, 1.807) is 14.2 Å². The van der Waals surface area contributed by atoms with Gasteiger partial charge in [0, 0.05) is 25.7 Å². The fraction of sp³-hybridized carbons (Fsp3) is 0.632. The number of rotatable bonds is 6. The summed E-state index contributed by atoms with van der Waals surface area (Å²) in [5.41, 5.74) is 0.675. The van der Waals surface area contributed by atoms with E-state index in [1.165, 1.54) is 0 Å². The highest BCUT2D eigenvalue weighted by Gasteiger charge is 2.50. The average Bonchev–Trinajstić information content (AvgIpc) is 3.02. The largest absolute Gasteiger partial charge is 0.497 e. The summed E-state index contributed by atoms with van der Waals surface area (Å²) in [5.74, 6) is 1.71. The van der Waals surface area contributed by atoms with Gasteiger partial charge in [0.15, 0.2) is 0 Å². The fourth-order valence-electron chi connectivity index (χ4n) is 4.27. The van der Waals surface area contributed by atoms with Crippen molar-refractivity contribution in [2.75, 3.05) is 40.5 Å². The van der Waals surface area contributed by atoms with Gasteiger partial charge in [-0.05, 0) is 49.9 Å². The first-order chi connectivity index (χ1) is 12.1. The molecule has 2 aliphatic heterocycles. The van der Waals surface area contributed by atoms with Crippen LogP contribution in [-0.4, -0.2) is 66.8 Å². The minimum atomic E-state index is -0.413. The van der Waals surface area contributed by atoms with Crippen LogP contribution >= 0.6 is 0 Å². The van der Waals surface area contributed by atoms with E-state index in [9.17, 15) is 9.90 Å². The maximum absolute atomic E-state index is 13.1. The van der Waals surface area contributed by atoms with Crippen LogP contribution in [0.15, 0.2) is 18.2 Å². The second kappa shape index (κ2) is 7.62. The second-order valence-electron chi connectivity index (χ2n) is 6.90. The van der Waals surface area contributed by atoms with Crippen LogP contribution < -0.4 is 9.47 Å². The molecule has 0 radical (unpaired) electrons. The molecule has 6 nitrogen and oxygen atoms in total. The van der Waals surface area contributed by atoms with Gasteiger partial charge in [0.05, 0.1) is 20.8 Å². The summed E-state index contributed by atoms with van der Waals surface area (Å²) in [6.07, 6.45) is 3.81. The molecule has 1 aromatic rings. The average molecular weight is 348 g/mol. The Morgan fingerprint density at radius 3 is 2.32 bits per heavy atom. The fourth-order valence-corrected chi connectivity index (χ4v) is 4.27. The molecule has 138 valence electrons. The van der Waals surface area contributed by atoms with Gasteiger partial charge in [0.1, 0.15) is 17.0 Å². The van der Waals surface area contributed by atoms with Crippen molar-refractivity contribution in [1.82, 2.24) is 9.80 Å². The van der Waals surface area contributed by atoms with E-state index < -0.39 is 5.54 Å². The third kappa shape index (κ3) is 3.46. The number of likely N-dealkylation sites (tertiary alicyclic amines) is 2. The molecule has 1 spiro atoms.